The average Bonchev–Trinajstić information content (AvgIpc) is 2.69. The van der Waals surface area contributed by atoms with Crippen molar-refractivity contribution >= 4 is 34.4 Å². The molecule has 0 N–H and O–H groups in total. The van der Waals surface area contributed by atoms with Gasteiger partial charge in [0.25, 0.3) is 0 Å². The maximum Gasteiger partial charge on any atom is 0.128 e. The van der Waals surface area contributed by atoms with Gasteiger partial charge < -0.3 is 4.57 Å². The molecule has 0 aliphatic rings. The van der Waals surface area contributed by atoms with E-state index in [4.69, 9.17) is 11.6 Å². The highest BCUT2D eigenvalue weighted by Crippen LogP contribution is 2.23. The molecular weight excluding hydrogens is 295 g/mol. The van der Waals surface area contributed by atoms with E-state index in [1.54, 1.807) is 6.92 Å². The minimum Gasteiger partial charge on any atom is -0.328 e. The summed E-state index contributed by atoms with van der Waals surface area (Å²) in [5.41, 5.74) is 2.40. The Balaban J connectivity index is 2.47. The van der Waals surface area contributed by atoms with Crippen molar-refractivity contribution in [3.63, 3.8) is 0 Å². The number of benzene rings is 1. The Labute approximate surface area is 128 Å². The Morgan fingerprint density at radius 2 is 2.20 bits per heavy atom. The molecule has 0 radical (unpaired) electrons. The van der Waals surface area contributed by atoms with Crippen LogP contribution < -0.4 is 0 Å². The molecule has 20 heavy (non-hydrogen) atoms. The summed E-state index contributed by atoms with van der Waals surface area (Å²) in [4.78, 5) is 4.55. The summed E-state index contributed by atoms with van der Waals surface area (Å²) in [6.45, 7) is 4.91. The normalized spacial score (nSPS) is 13.1. The Morgan fingerprint density at radius 3 is 2.85 bits per heavy atom. The van der Waals surface area contributed by atoms with Crippen molar-refractivity contribution in [2.24, 2.45) is 5.92 Å². The summed E-state index contributed by atoms with van der Waals surface area (Å²) in [7, 11) is 0. The zero-order valence-corrected chi connectivity index (χ0v) is 13.7. The number of fused-ring (bicyclic) bond motifs is 1. The summed E-state index contributed by atoms with van der Waals surface area (Å²) in [5.74, 6) is 2.92. The van der Waals surface area contributed by atoms with Gasteiger partial charge in [0.05, 0.1) is 11.0 Å². The number of halogens is 2. The molecule has 2 nitrogen and oxygen atoms in total. The van der Waals surface area contributed by atoms with Crippen LogP contribution in [0, 0.1) is 18.7 Å². The van der Waals surface area contributed by atoms with Crippen LogP contribution in [0.2, 0.25) is 0 Å². The first kappa shape index (κ1) is 15.6. The molecule has 1 unspecified atom stereocenters. The second-order valence-corrected chi connectivity index (χ2v) is 6.52. The van der Waals surface area contributed by atoms with Crippen LogP contribution in [0.3, 0.4) is 0 Å². The molecule has 0 aliphatic heterocycles. The van der Waals surface area contributed by atoms with Crippen LogP contribution in [0.5, 0.6) is 0 Å². The lowest BCUT2D eigenvalue weighted by Gasteiger charge is -2.14. The van der Waals surface area contributed by atoms with E-state index in [2.05, 4.69) is 22.7 Å². The molecule has 2 aromatic rings. The lowest BCUT2D eigenvalue weighted by molar-refractivity contribution is 0.526. The van der Waals surface area contributed by atoms with Crippen LogP contribution in [0.15, 0.2) is 12.1 Å². The largest absolute Gasteiger partial charge is 0.328 e. The fourth-order valence-corrected chi connectivity index (χ4v) is 3.27. The van der Waals surface area contributed by atoms with Crippen LogP contribution in [-0.2, 0) is 13.0 Å². The molecule has 0 amide bonds. The van der Waals surface area contributed by atoms with Gasteiger partial charge in [0.15, 0.2) is 0 Å². The number of aryl methyl sites for hydroxylation is 2. The molecule has 1 aromatic heterocycles. The van der Waals surface area contributed by atoms with E-state index in [0.717, 1.165) is 29.2 Å². The van der Waals surface area contributed by atoms with Gasteiger partial charge in [-0.3, -0.25) is 0 Å². The van der Waals surface area contributed by atoms with Crippen LogP contribution in [0.25, 0.3) is 11.0 Å². The van der Waals surface area contributed by atoms with E-state index in [-0.39, 0.29) is 5.82 Å². The van der Waals surface area contributed by atoms with E-state index in [9.17, 15) is 4.39 Å². The maximum atomic E-state index is 13.7. The Morgan fingerprint density at radius 1 is 1.45 bits per heavy atom. The number of imidazole rings is 1. The molecule has 2 rings (SSSR count). The minimum atomic E-state index is -0.197. The first-order valence-corrected chi connectivity index (χ1v) is 8.69. The van der Waals surface area contributed by atoms with Crippen molar-refractivity contribution in [1.82, 2.24) is 9.55 Å². The van der Waals surface area contributed by atoms with Gasteiger partial charge in [-0.15, -0.1) is 11.6 Å². The number of thioether (sulfide) groups is 1. The van der Waals surface area contributed by atoms with Crippen molar-refractivity contribution in [1.29, 1.82) is 0 Å². The maximum absolute atomic E-state index is 13.7. The van der Waals surface area contributed by atoms with Gasteiger partial charge in [0.1, 0.15) is 11.6 Å². The van der Waals surface area contributed by atoms with Crippen molar-refractivity contribution in [2.75, 3.05) is 17.9 Å². The minimum absolute atomic E-state index is 0.197. The molecule has 110 valence electrons. The number of hydrogen-bond donors (Lipinski definition) is 0. The number of hydrogen-bond acceptors (Lipinski definition) is 2. The van der Waals surface area contributed by atoms with E-state index in [0.29, 0.717) is 23.8 Å². The van der Waals surface area contributed by atoms with Gasteiger partial charge in [-0.05, 0) is 36.5 Å². The Bertz CT molecular complexity index is 597. The summed E-state index contributed by atoms with van der Waals surface area (Å²) < 4.78 is 15.9. The lowest BCUT2D eigenvalue weighted by atomic mass is 10.2. The summed E-state index contributed by atoms with van der Waals surface area (Å²) in [6, 6.07) is 3.42. The van der Waals surface area contributed by atoms with Gasteiger partial charge in [-0.2, -0.15) is 11.8 Å². The predicted molar refractivity (Wildman–Crippen MR) is 86.4 cm³/mol. The summed E-state index contributed by atoms with van der Waals surface area (Å²) >= 11 is 7.71. The highest BCUT2D eigenvalue weighted by atomic mass is 35.5. The van der Waals surface area contributed by atoms with Gasteiger partial charge in [-0.1, -0.05) is 6.92 Å². The van der Waals surface area contributed by atoms with Gasteiger partial charge >= 0.3 is 0 Å². The zero-order chi connectivity index (χ0) is 14.7. The van der Waals surface area contributed by atoms with Crippen LogP contribution in [0.4, 0.5) is 4.39 Å². The molecule has 0 saturated carbocycles. The average molecular weight is 315 g/mol. The van der Waals surface area contributed by atoms with E-state index in [1.165, 1.54) is 6.07 Å². The topological polar surface area (TPSA) is 17.8 Å². The van der Waals surface area contributed by atoms with Gasteiger partial charge in [-0.25, -0.2) is 9.37 Å². The number of rotatable bonds is 6. The second-order valence-electron chi connectivity index (χ2n) is 5.23. The molecule has 1 heterocycles. The summed E-state index contributed by atoms with van der Waals surface area (Å²) in [5, 5.41) is 0. The standard InChI is InChI=1S/C15H20ClFN2S/c1-10(9-20-3)8-19-14-6-11(2)12(17)7-13(14)18-15(19)4-5-16/h6-7,10H,4-5,8-9H2,1-3H3. The molecule has 5 heteroatoms. The number of aromatic nitrogens is 2. The first-order valence-electron chi connectivity index (χ1n) is 6.77. The smallest absolute Gasteiger partial charge is 0.128 e. The molecule has 1 aromatic carbocycles. The number of alkyl halides is 1. The molecule has 0 aliphatic carbocycles. The van der Waals surface area contributed by atoms with Gasteiger partial charge in [0, 0.05) is 24.9 Å². The molecular formula is C15H20ClFN2S. The third-order valence-electron chi connectivity index (χ3n) is 3.37. The highest BCUT2D eigenvalue weighted by Gasteiger charge is 2.14. The fraction of sp³-hybridized carbons (Fsp3) is 0.533. The summed E-state index contributed by atoms with van der Waals surface area (Å²) in [6.07, 6.45) is 2.82. The quantitative estimate of drug-likeness (QED) is 0.741. The molecule has 0 spiro atoms. The van der Waals surface area contributed by atoms with Crippen LogP contribution in [-0.4, -0.2) is 27.4 Å². The van der Waals surface area contributed by atoms with Crippen molar-refractivity contribution in [3.8, 4) is 0 Å². The molecule has 1 atom stereocenters. The highest BCUT2D eigenvalue weighted by molar-refractivity contribution is 7.98. The van der Waals surface area contributed by atoms with E-state index >= 15 is 0 Å². The van der Waals surface area contributed by atoms with E-state index < -0.39 is 0 Å². The zero-order valence-electron chi connectivity index (χ0n) is 12.1. The van der Waals surface area contributed by atoms with Crippen molar-refractivity contribution in [2.45, 2.75) is 26.8 Å². The molecule has 0 saturated heterocycles. The first-order chi connectivity index (χ1) is 9.56. The molecule has 0 bridgehead atoms. The van der Waals surface area contributed by atoms with E-state index in [1.807, 2.05) is 17.8 Å². The number of nitrogens with zero attached hydrogens (tertiary/aromatic N) is 2. The second kappa shape index (κ2) is 6.81. The van der Waals surface area contributed by atoms with Crippen LogP contribution >= 0.6 is 23.4 Å². The van der Waals surface area contributed by atoms with Crippen molar-refractivity contribution < 1.29 is 4.39 Å². The van der Waals surface area contributed by atoms with Crippen LogP contribution in [0.1, 0.15) is 18.3 Å². The van der Waals surface area contributed by atoms with Crippen molar-refractivity contribution in [3.05, 3.63) is 29.3 Å². The monoisotopic (exact) mass is 314 g/mol. The van der Waals surface area contributed by atoms with Gasteiger partial charge in [0.2, 0.25) is 0 Å². The Hall–Kier alpha value is -0.740. The fourth-order valence-electron chi connectivity index (χ4n) is 2.43. The third kappa shape index (κ3) is 3.29. The lowest BCUT2D eigenvalue weighted by Crippen LogP contribution is -2.13. The SMILES string of the molecule is CSCC(C)Cn1c(CCCl)nc2cc(F)c(C)cc21. The molecule has 0 fully saturated rings. The predicted octanol–water partition coefficient (Wildman–Crippen LogP) is 4.26. The third-order valence-corrected chi connectivity index (χ3v) is 4.46. The Kier molecular flexibility index (Phi) is 5.33.